The molecule has 1 N–H and O–H groups in total. The van der Waals surface area contributed by atoms with Crippen molar-refractivity contribution in [3.05, 3.63) is 96.6 Å². The van der Waals surface area contributed by atoms with Crippen molar-refractivity contribution in [2.75, 3.05) is 0 Å². The third kappa shape index (κ3) is 5.27. The molecule has 1 aliphatic rings. The predicted octanol–water partition coefficient (Wildman–Crippen LogP) is 5.11. The minimum Gasteiger partial charge on any atom is -0.444 e. The second-order valence-corrected chi connectivity index (χ2v) is 12.0. The molecule has 5 nitrogen and oxygen atoms in total. The summed E-state index contributed by atoms with van der Waals surface area (Å²) in [5.41, 5.74) is 0.764. The third-order valence-corrected chi connectivity index (χ3v) is 10.2. The molecule has 6 heteroatoms. The zero-order valence-corrected chi connectivity index (χ0v) is 20.7. The van der Waals surface area contributed by atoms with Crippen LogP contribution in [0.15, 0.2) is 91.0 Å². The highest BCUT2D eigenvalue weighted by Crippen LogP contribution is 2.57. The highest BCUT2D eigenvalue weighted by atomic mass is 31.2. The zero-order valence-electron chi connectivity index (χ0n) is 19.8. The Balaban J connectivity index is 1.50. The van der Waals surface area contributed by atoms with Gasteiger partial charge < -0.3 is 19.4 Å². The monoisotopic (exact) mass is 477 g/mol. The zero-order chi connectivity index (χ0) is 24.1. The second-order valence-electron chi connectivity index (χ2n) is 9.08. The van der Waals surface area contributed by atoms with Crippen molar-refractivity contribution in [3.63, 3.8) is 0 Å². The largest absolute Gasteiger partial charge is 0.444 e. The Hall–Kier alpha value is -2.88. The number of benzene rings is 3. The van der Waals surface area contributed by atoms with E-state index in [9.17, 15) is 9.36 Å². The maximum absolute atomic E-state index is 14.9. The molecular weight excluding hydrogens is 445 g/mol. The summed E-state index contributed by atoms with van der Waals surface area (Å²) in [4.78, 5) is 12.4. The van der Waals surface area contributed by atoms with Crippen molar-refractivity contribution >= 4 is 23.8 Å². The van der Waals surface area contributed by atoms with E-state index < -0.39 is 19.3 Å². The molecule has 1 heterocycles. The Labute approximate surface area is 201 Å². The van der Waals surface area contributed by atoms with Crippen molar-refractivity contribution in [1.29, 1.82) is 0 Å². The summed E-state index contributed by atoms with van der Waals surface area (Å²) >= 11 is 0. The lowest BCUT2D eigenvalue weighted by molar-refractivity contribution is 0.0889. The first-order valence-electron chi connectivity index (χ1n) is 11.8. The van der Waals surface area contributed by atoms with E-state index in [-0.39, 0.29) is 23.8 Å². The molecule has 3 aromatic rings. The first-order valence-corrected chi connectivity index (χ1v) is 13.5. The summed E-state index contributed by atoms with van der Waals surface area (Å²) in [5, 5.41) is 4.43. The van der Waals surface area contributed by atoms with Gasteiger partial charge in [-0.05, 0) is 18.4 Å². The van der Waals surface area contributed by atoms with Gasteiger partial charge in [0.05, 0.1) is 11.8 Å². The average Bonchev–Trinajstić information content (AvgIpc) is 3.64. The van der Waals surface area contributed by atoms with E-state index in [4.69, 9.17) is 9.47 Å². The normalized spacial score (nSPS) is 19.3. The molecule has 0 spiro atoms. The number of carbonyl (C=O) groups excluding carboxylic acids is 1. The van der Waals surface area contributed by atoms with Gasteiger partial charge in [-0.1, -0.05) is 105 Å². The molecule has 178 valence electrons. The summed E-state index contributed by atoms with van der Waals surface area (Å²) in [6, 6.07) is 29.0. The molecule has 34 heavy (non-hydrogen) atoms. The number of epoxide rings is 1. The topological polar surface area (TPSA) is 67.9 Å². The molecule has 1 amide bonds. The van der Waals surface area contributed by atoms with E-state index >= 15 is 0 Å². The molecule has 0 unspecified atom stereocenters. The molecule has 4 rings (SSSR count). The van der Waals surface area contributed by atoms with E-state index in [2.05, 4.69) is 19.2 Å². The Morgan fingerprint density at radius 3 is 1.85 bits per heavy atom. The molecular formula is C28H32NO4P. The van der Waals surface area contributed by atoms with Gasteiger partial charge >= 0.3 is 6.09 Å². The van der Waals surface area contributed by atoms with E-state index in [0.29, 0.717) is 6.54 Å². The Morgan fingerprint density at radius 2 is 1.35 bits per heavy atom. The van der Waals surface area contributed by atoms with Gasteiger partial charge in [-0.25, -0.2) is 4.79 Å². The number of amides is 1. The Kier molecular flexibility index (Phi) is 7.55. The predicted molar refractivity (Wildman–Crippen MR) is 136 cm³/mol. The number of rotatable bonds is 9. The first-order chi connectivity index (χ1) is 16.4. The summed E-state index contributed by atoms with van der Waals surface area (Å²) < 4.78 is 26.6. The number of carbonyl (C=O) groups is 1. The van der Waals surface area contributed by atoms with Gasteiger partial charge in [0, 0.05) is 17.2 Å². The number of nitrogens with one attached hydrogen (secondary N) is 1. The highest BCUT2D eigenvalue weighted by molar-refractivity contribution is 7.79. The molecule has 1 saturated heterocycles. The molecule has 4 atom stereocenters. The quantitative estimate of drug-likeness (QED) is 0.344. The van der Waals surface area contributed by atoms with Crippen LogP contribution in [0.25, 0.3) is 0 Å². The minimum absolute atomic E-state index is 0.0975. The number of ether oxygens (including phenoxy) is 2. The SMILES string of the molecule is CC(C)[C@@H]([C@@H]1O[C@H]1[C@H](C)OC(=O)NCc1ccccc1)P(=O)(c1ccccc1)c1ccccc1. The van der Waals surface area contributed by atoms with Gasteiger partial charge in [0.2, 0.25) is 0 Å². The number of alkyl carbamates (subject to hydrolysis) is 1. The summed E-state index contributed by atoms with van der Waals surface area (Å²) in [6.07, 6.45) is -1.50. The van der Waals surface area contributed by atoms with Gasteiger partial charge in [0.15, 0.2) is 0 Å². The van der Waals surface area contributed by atoms with Crippen molar-refractivity contribution in [2.45, 2.75) is 51.3 Å². The van der Waals surface area contributed by atoms with Crippen LogP contribution in [-0.4, -0.2) is 30.1 Å². The van der Waals surface area contributed by atoms with Crippen LogP contribution in [0.5, 0.6) is 0 Å². The molecule has 1 aliphatic heterocycles. The van der Waals surface area contributed by atoms with Crippen molar-refractivity contribution in [3.8, 4) is 0 Å². The molecule has 0 aromatic heterocycles. The average molecular weight is 478 g/mol. The Morgan fingerprint density at radius 1 is 0.853 bits per heavy atom. The number of hydrogen-bond donors (Lipinski definition) is 1. The van der Waals surface area contributed by atoms with Crippen molar-refractivity contribution in [1.82, 2.24) is 5.32 Å². The van der Waals surface area contributed by atoms with Crippen molar-refractivity contribution in [2.24, 2.45) is 5.92 Å². The lowest BCUT2D eigenvalue weighted by Crippen LogP contribution is -2.36. The molecule has 0 aliphatic carbocycles. The molecule has 1 fully saturated rings. The van der Waals surface area contributed by atoms with Crippen LogP contribution in [0, 0.1) is 5.92 Å². The molecule has 0 saturated carbocycles. The van der Waals surface area contributed by atoms with E-state index in [1.807, 2.05) is 97.9 Å². The van der Waals surface area contributed by atoms with Gasteiger partial charge in [-0.3, -0.25) is 0 Å². The van der Waals surface area contributed by atoms with Gasteiger partial charge in [0.1, 0.15) is 19.3 Å². The lowest BCUT2D eigenvalue weighted by Gasteiger charge is -2.31. The minimum atomic E-state index is -3.03. The summed E-state index contributed by atoms with van der Waals surface area (Å²) in [5.74, 6) is 0.0975. The fourth-order valence-corrected chi connectivity index (χ4v) is 8.34. The highest BCUT2D eigenvalue weighted by Gasteiger charge is 2.57. The van der Waals surface area contributed by atoms with Crippen molar-refractivity contribution < 1.29 is 18.8 Å². The number of hydrogen-bond acceptors (Lipinski definition) is 4. The van der Waals surface area contributed by atoms with Crippen LogP contribution in [-0.2, 0) is 20.6 Å². The molecule has 3 aromatic carbocycles. The smallest absolute Gasteiger partial charge is 0.407 e. The molecule has 0 radical (unpaired) electrons. The Bertz CT molecular complexity index is 1080. The van der Waals surface area contributed by atoms with E-state index in [0.717, 1.165) is 16.2 Å². The summed E-state index contributed by atoms with van der Waals surface area (Å²) in [6.45, 7) is 6.40. The van der Waals surface area contributed by atoms with E-state index in [1.165, 1.54) is 0 Å². The van der Waals surface area contributed by atoms with Gasteiger partial charge in [-0.15, -0.1) is 0 Å². The van der Waals surface area contributed by atoms with Crippen LogP contribution in [0.3, 0.4) is 0 Å². The first kappa shape index (κ1) is 24.3. The van der Waals surface area contributed by atoms with Crippen LogP contribution < -0.4 is 15.9 Å². The van der Waals surface area contributed by atoms with E-state index in [1.54, 1.807) is 0 Å². The second kappa shape index (κ2) is 10.6. The van der Waals surface area contributed by atoms with Crippen LogP contribution in [0.2, 0.25) is 0 Å². The lowest BCUT2D eigenvalue weighted by atomic mass is 10.0. The maximum atomic E-state index is 14.9. The van der Waals surface area contributed by atoms with Gasteiger partial charge in [0.25, 0.3) is 0 Å². The maximum Gasteiger partial charge on any atom is 0.407 e. The fraction of sp³-hybridized carbons (Fsp3) is 0.321. The summed E-state index contributed by atoms with van der Waals surface area (Å²) in [7, 11) is -3.03. The van der Waals surface area contributed by atoms with Crippen LogP contribution >= 0.6 is 7.14 Å². The fourth-order valence-electron chi connectivity index (χ4n) is 4.63. The van der Waals surface area contributed by atoms with Crippen LogP contribution in [0.1, 0.15) is 26.3 Å². The van der Waals surface area contributed by atoms with Crippen LogP contribution in [0.4, 0.5) is 4.79 Å². The van der Waals surface area contributed by atoms with Gasteiger partial charge in [-0.2, -0.15) is 0 Å². The third-order valence-electron chi connectivity index (χ3n) is 6.32. The standard InChI is InChI=1S/C28H32NO4P/c1-20(2)27(34(31,23-15-9-5-10-16-23)24-17-11-6-12-18-24)26-25(33-26)21(3)32-28(30)29-19-22-13-7-4-8-14-22/h4-18,20-21,25-27H,19H2,1-3H3,(H,29,30)/t21-,25-,26+,27-/m0/s1. The molecule has 0 bridgehead atoms.